The molecule has 0 spiro atoms. The van der Waals surface area contributed by atoms with Crippen molar-refractivity contribution in [3.63, 3.8) is 0 Å². The average molecular weight is 360 g/mol. The molecule has 3 rings (SSSR count). The van der Waals surface area contributed by atoms with Crippen LogP contribution in [0.25, 0.3) is 10.9 Å². The number of halogens is 1. The highest BCUT2D eigenvalue weighted by Crippen LogP contribution is 2.35. The Balaban J connectivity index is 1.93. The number of anilines is 2. The van der Waals surface area contributed by atoms with Crippen LogP contribution in [-0.2, 0) is 4.74 Å². The smallest absolute Gasteiger partial charge is 0.144 e. The first-order valence-corrected chi connectivity index (χ1v) is 7.99. The SMILES string of the molecule is COCCOc1cc2nccc(Oc3ccc(N)c(Cl)c3)c2cc1N. The molecule has 6 nitrogen and oxygen atoms in total. The third-order valence-electron chi connectivity index (χ3n) is 3.58. The molecule has 0 saturated carbocycles. The Hall–Kier alpha value is -2.70. The Morgan fingerprint density at radius 3 is 2.60 bits per heavy atom. The van der Waals surface area contributed by atoms with Crippen LogP contribution in [0.2, 0.25) is 5.02 Å². The molecule has 0 aliphatic rings. The molecule has 2 aromatic carbocycles. The van der Waals surface area contributed by atoms with E-state index < -0.39 is 0 Å². The van der Waals surface area contributed by atoms with E-state index in [-0.39, 0.29) is 0 Å². The topological polar surface area (TPSA) is 92.6 Å². The van der Waals surface area contributed by atoms with Crippen LogP contribution in [0.15, 0.2) is 42.6 Å². The molecular weight excluding hydrogens is 342 g/mol. The fraction of sp³-hybridized carbons (Fsp3) is 0.167. The zero-order valence-electron chi connectivity index (χ0n) is 13.7. The van der Waals surface area contributed by atoms with Crippen molar-refractivity contribution in [1.82, 2.24) is 4.98 Å². The van der Waals surface area contributed by atoms with Gasteiger partial charge in [0.1, 0.15) is 23.9 Å². The first kappa shape index (κ1) is 17.1. The van der Waals surface area contributed by atoms with Crippen molar-refractivity contribution in [1.29, 1.82) is 0 Å². The van der Waals surface area contributed by atoms with Crippen molar-refractivity contribution in [3.8, 4) is 17.2 Å². The number of hydrogen-bond acceptors (Lipinski definition) is 6. The van der Waals surface area contributed by atoms with Gasteiger partial charge in [-0.2, -0.15) is 0 Å². The van der Waals surface area contributed by atoms with Crippen molar-refractivity contribution in [2.24, 2.45) is 0 Å². The molecule has 0 fully saturated rings. The van der Waals surface area contributed by atoms with E-state index in [0.29, 0.717) is 52.4 Å². The quantitative estimate of drug-likeness (QED) is 0.512. The van der Waals surface area contributed by atoms with E-state index in [1.54, 1.807) is 49.7 Å². The van der Waals surface area contributed by atoms with Crippen molar-refractivity contribution in [3.05, 3.63) is 47.6 Å². The third kappa shape index (κ3) is 3.87. The summed E-state index contributed by atoms with van der Waals surface area (Å²) in [5, 5.41) is 1.20. The summed E-state index contributed by atoms with van der Waals surface area (Å²) in [7, 11) is 1.61. The van der Waals surface area contributed by atoms with E-state index in [1.165, 1.54) is 0 Å². The van der Waals surface area contributed by atoms with Crippen LogP contribution in [0.4, 0.5) is 11.4 Å². The van der Waals surface area contributed by atoms with Gasteiger partial charge >= 0.3 is 0 Å². The highest BCUT2D eigenvalue weighted by atomic mass is 35.5. The summed E-state index contributed by atoms with van der Waals surface area (Å²) in [4.78, 5) is 4.35. The van der Waals surface area contributed by atoms with E-state index in [2.05, 4.69) is 4.98 Å². The molecule has 25 heavy (non-hydrogen) atoms. The second-order valence-electron chi connectivity index (χ2n) is 5.34. The predicted molar refractivity (Wildman–Crippen MR) is 99.5 cm³/mol. The van der Waals surface area contributed by atoms with Crippen LogP contribution < -0.4 is 20.9 Å². The van der Waals surface area contributed by atoms with Gasteiger partial charge in [0, 0.05) is 30.8 Å². The molecule has 0 aliphatic heterocycles. The number of aromatic nitrogens is 1. The summed E-state index contributed by atoms with van der Waals surface area (Å²) in [5.41, 5.74) is 13.5. The lowest BCUT2D eigenvalue weighted by Crippen LogP contribution is -2.06. The molecule has 0 amide bonds. The number of rotatable bonds is 6. The van der Waals surface area contributed by atoms with Gasteiger partial charge in [-0.1, -0.05) is 11.6 Å². The van der Waals surface area contributed by atoms with Crippen molar-refractivity contribution >= 4 is 33.9 Å². The van der Waals surface area contributed by atoms with Gasteiger partial charge in [0.25, 0.3) is 0 Å². The third-order valence-corrected chi connectivity index (χ3v) is 3.91. The minimum atomic E-state index is 0.409. The minimum absolute atomic E-state index is 0.409. The van der Waals surface area contributed by atoms with E-state index in [0.717, 1.165) is 5.39 Å². The van der Waals surface area contributed by atoms with E-state index in [4.69, 9.17) is 37.3 Å². The van der Waals surface area contributed by atoms with Gasteiger partial charge < -0.3 is 25.7 Å². The molecule has 0 radical (unpaired) electrons. The first-order chi connectivity index (χ1) is 12.1. The van der Waals surface area contributed by atoms with Crippen LogP contribution in [0.5, 0.6) is 17.2 Å². The van der Waals surface area contributed by atoms with Gasteiger partial charge in [-0.25, -0.2) is 0 Å². The van der Waals surface area contributed by atoms with Crippen molar-refractivity contribution in [2.45, 2.75) is 0 Å². The summed E-state index contributed by atoms with van der Waals surface area (Å²) in [6, 6.07) is 10.4. The number of fused-ring (bicyclic) bond motifs is 1. The Kier molecular flexibility index (Phi) is 5.11. The Morgan fingerprint density at radius 1 is 1.00 bits per heavy atom. The highest BCUT2D eigenvalue weighted by Gasteiger charge is 2.10. The molecule has 0 saturated heterocycles. The zero-order valence-corrected chi connectivity index (χ0v) is 14.4. The van der Waals surface area contributed by atoms with Crippen LogP contribution in [0, 0.1) is 0 Å². The van der Waals surface area contributed by atoms with Crippen LogP contribution in [0.3, 0.4) is 0 Å². The number of nitrogen functional groups attached to an aromatic ring is 2. The molecule has 4 N–H and O–H groups in total. The second kappa shape index (κ2) is 7.46. The molecule has 1 aromatic heterocycles. The minimum Gasteiger partial charge on any atom is -0.489 e. The molecule has 7 heteroatoms. The van der Waals surface area contributed by atoms with Gasteiger partial charge in [-0.15, -0.1) is 0 Å². The molecule has 0 atom stereocenters. The molecular formula is C18H18ClN3O3. The molecule has 130 valence electrons. The summed E-state index contributed by atoms with van der Waals surface area (Å²) in [5.74, 6) is 1.75. The zero-order chi connectivity index (χ0) is 17.8. The maximum absolute atomic E-state index is 6.09. The maximum atomic E-state index is 6.09. The van der Waals surface area contributed by atoms with Crippen molar-refractivity contribution < 1.29 is 14.2 Å². The number of ether oxygens (including phenoxy) is 3. The number of pyridine rings is 1. The van der Waals surface area contributed by atoms with Gasteiger partial charge in [0.05, 0.1) is 28.5 Å². The Labute approximate surface area is 150 Å². The van der Waals surface area contributed by atoms with Crippen LogP contribution in [0.1, 0.15) is 0 Å². The van der Waals surface area contributed by atoms with Gasteiger partial charge in [0.2, 0.25) is 0 Å². The summed E-state index contributed by atoms with van der Waals surface area (Å²) >= 11 is 6.04. The summed E-state index contributed by atoms with van der Waals surface area (Å²) < 4.78 is 16.5. The summed E-state index contributed by atoms with van der Waals surface area (Å²) in [6.45, 7) is 0.887. The largest absolute Gasteiger partial charge is 0.489 e. The summed E-state index contributed by atoms with van der Waals surface area (Å²) in [6.07, 6.45) is 1.66. The van der Waals surface area contributed by atoms with E-state index >= 15 is 0 Å². The molecule has 0 aliphatic carbocycles. The molecule has 1 heterocycles. The number of nitrogens with two attached hydrogens (primary N) is 2. The fourth-order valence-corrected chi connectivity index (χ4v) is 2.48. The predicted octanol–water partition coefficient (Wildman–Crippen LogP) is 3.87. The number of hydrogen-bond donors (Lipinski definition) is 2. The number of benzene rings is 2. The lowest BCUT2D eigenvalue weighted by atomic mass is 10.1. The standard InChI is InChI=1S/C18H18ClN3O3/c1-23-6-7-24-18-10-16-12(9-15(18)21)17(4-5-22-16)25-11-2-3-14(20)13(19)8-11/h2-5,8-10H,6-7,20-21H2,1H3. The highest BCUT2D eigenvalue weighted by molar-refractivity contribution is 6.33. The van der Waals surface area contributed by atoms with Crippen LogP contribution in [-0.4, -0.2) is 25.3 Å². The van der Waals surface area contributed by atoms with E-state index in [1.807, 2.05) is 0 Å². The number of methoxy groups -OCH3 is 1. The van der Waals surface area contributed by atoms with Crippen LogP contribution >= 0.6 is 11.6 Å². The Bertz CT molecular complexity index is 902. The number of nitrogens with zero attached hydrogens (tertiary/aromatic N) is 1. The second-order valence-corrected chi connectivity index (χ2v) is 5.75. The normalized spacial score (nSPS) is 10.8. The van der Waals surface area contributed by atoms with Gasteiger partial charge in [-0.3, -0.25) is 4.98 Å². The molecule has 3 aromatic rings. The average Bonchev–Trinajstić information content (AvgIpc) is 2.59. The van der Waals surface area contributed by atoms with Gasteiger partial charge in [-0.05, 0) is 24.3 Å². The Morgan fingerprint density at radius 2 is 1.84 bits per heavy atom. The maximum Gasteiger partial charge on any atom is 0.144 e. The lowest BCUT2D eigenvalue weighted by Gasteiger charge is -2.13. The molecule has 0 unspecified atom stereocenters. The molecule has 0 bridgehead atoms. The lowest BCUT2D eigenvalue weighted by molar-refractivity contribution is 0.147. The monoisotopic (exact) mass is 359 g/mol. The van der Waals surface area contributed by atoms with Gasteiger partial charge in [0.15, 0.2) is 0 Å². The fourth-order valence-electron chi connectivity index (χ4n) is 2.31. The van der Waals surface area contributed by atoms with Crippen molar-refractivity contribution in [2.75, 3.05) is 31.8 Å². The first-order valence-electron chi connectivity index (χ1n) is 7.61. The van der Waals surface area contributed by atoms with E-state index in [9.17, 15) is 0 Å².